The molecule has 4 nitrogen and oxygen atoms in total. The van der Waals surface area contributed by atoms with Crippen LogP contribution >= 0.6 is 11.3 Å². The molecule has 0 spiro atoms. The van der Waals surface area contributed by atoms with Crippen LogP contribution < -0.4 is 5.32 Å². The highest BCUT2D eigenvalue weighted by atomic mass is 32.2. The summed E-state index contributed by atoms with van der Waals surface area (Å²) in [5, 5.41) is 3.31. The third kappa shape index (κ3) is 5.36. The topological polar surface area (TPSA) is 49.4 Å². The van der Waals surface area contributed by atoms with Crippen molar-refractivity contribution >= 4 is 21.4 Å². The van der Waals surface area contributed by atoms with E-state index in [1.807, 2.05) is 33.8 Å². The molecule has 1 aromatic heterocycles. The molecule has 0 bridgehead atoms. The standard InChI is InChI=1S/C15H28N2O2S2/c1-11(2)10-17(13(5)6)21(18,19)15-8-7-14(20-15)9-16-12(3)4/h7-8,11-13,16H,9-10H2,1-6H3. The first-order chi connectivity index (χ1) is 9.64. The molecule has 0 fully saturated rings. The number of nitrogens with zero attached hydrogens (tertiary/aromatic N) is 1. The van der Waals surface area contributed by atoms with Crippen molar-refractivity contribution < 1.29 is 8.42 Å². The lowest BCUT2D eigenvalue weighted by atomic mass is 10.2. The molecule has 0 amide bonds. The molecule has 0 aromatic carbocycles. The highest BCUT2D eigenvalue weighted by Crippen LogP contribution is 2.27. The van der Waals surface area contributed by atoms with Crippen molar-refractivity contribution in [2.75, 3.05) is 6.54 Å². The number of thiophene rings is 1. The summed E-state index contributed by atoms with van der Waals surface area (Å²) in [6.07, 6.45) is 0. The van der Waals surface area contributed by atoms with Crippen molar-refractivity contribution in [3.8, 4) is 0 Å². The van der Waals surface area contributed by atoms with Crippen LogP contribution in [0.2, 0.25) is 0 Å². The molecule has 1 heterocycles. The Morgan fingerprint density at radius 1 is 1.14 bits per heavy atom. The summed E-state index contributed by atoms with van der Waals surface area (Å²) in [5.74, 6) is 0.309. The molecule has 0 aliphatic rings. The van der Waals surface area contributed by atoms with Gasteiger partial charge in [0.25, 0.3) is 10.0 Å². The maximum absolute atomic E-state index is 12.8. The zero-order chi connectivity index (χ0) is 16.2. The molecule has 21 heavy (non-hydrogen) atoms. The van der Waals surface area contributed by atoms with Crippen LogP contribution in [0.15, 0.2) is 16.3 Å². The highest BCUT2D eigenvalue weighted by Gasteiger charge is 2.28. The van der Waals surface area contributed by atoms with Gasteiger partial charge in [-0.15, -0.1) is 11.3 Å². The second-order valence-corrected chi connectivity index (χ2v) is 9.60. The summed E-state index contributed by atoms with van der Waals surface area (Å²) in [6.45, 7) is 13.3. The normalized spacial score (nSPS) is 13.0. The van der Waals surface area contributed by atoms with Crippen LogP contribution in [0.5, 0.6) is 0 Å². The molecule has 0 radical (unpaired) electrons. The van der Waals surface area contributed by atoms with Gasteiger partial charge in [-0.25, -0.2) is 8.42 Å². The maximum atomic E-state index is 12.8. The van der Waals surface area contributed by atoms with E-state index in [2.05, 4.69) is 19.2 Å². The van der Waals surface area contributed by atoms with E-state index in [0.29, 0.717) is 29.3 Å². The van der Waals surface area contributed by atoms with Crippen molar-refractivity contribution in [3.05, 3.63) is 17.0 Å². The van der Waals surface area contributed by atoms with Gasteiger partial charge in [0.2, 0.25) is 0 Å². The molecule has 0 aliphatic carbocycles. The van der Waals surface area contributed by atoms with Crippen LogP contribution in [0.25, 0.3) is 0 Å². The van der Waals surface area contributed by atoms with Crippen molar-refractivity contribution in [2.45, 2.75) is 64.4 Å². The Morgan fingerprint density at radius 3 is 2.24 bits per heavy atom. The van der Waals surface area contributed by atoms with E-state index in [1.54, 1.807) is 10.4 Å². The summed E-state index contributed by atoms with van der Waals surface area (Å²) in [7, 11) is -3.39. The van der Waals surface area contributed by atoms with Gasteiger partial charge < -0.3 is 5.32 Å². The van der Waals surface area contributed by atoms with Gasteiger partial charge in [-0.05, 0) is 31.9 Å². The van der Waals surface area contributed by atoms with Gasteiger partial charge in [0.1, 0.15) is 4.21 Å². The Balaban J connectivity index is 2.95. The first-order valence-corrected chi connectivity index (χ1v) is 9.74. The van der Waals surface area contributed by atoms with Gasteiger partial charge >= 0.3 is 0 Å². The van der Waals surface area contributed by atoms with E-state index in [-0.39, 0.29) is 6.04 Å². The van der Waals surface area contributed by atoms with Crippen LogP contribution in [-0.2, 0) is 16.6 Å². The minimum absolute atomic E-state index is 0.0308. The molecule has 1 N–H and O–H groups in total. The van der Waals surface area contributed by atoms with Crippen LogP contribution in [-0.4, -0.2) is 31.4 Å². The van der Waals surface area contributed by atoms with Crippen LogP contribution in [0, 0.1) is 5.92 Å². The Bertz CT molecular complexity index is 534. The first kappa shape index (κ1) is 18.6. The average Bonchev–Trinajstić information content (AvgIpc) is 2.82. The zero-order valence-corrected chi connectivity index (χ0v) is 15.5. The predicted molar refractivity (Wildman–Crippen MR) is 90.2 cm³/mol. The van der Waals surface area contributed by atoms with E-state index in [1.165, 1.54) is 11.3 Å². The fourth-order valence-corrected chi connectivity index (χ4v) is 5.19. The summed E-state index contributed by atoms with van der Waals surface area (Å²) < 4.78 is 27.6. The second-order valence-electron chi connectivity index (χ2n) is 6.32. The minimum Gasteiger partial charge on any atom is -0.310 e. The first-order valence-electron chi connectivity index (χ1n) is 7.48. The van der Waals surface area contributed by atoms with E-state index in [4.69, 9.17) is 0 Å². The van der Waals surface area contributed by atoms with Gasteiger partial charge in [0.05, 0.1) is 0 Å². The third-order valence-corrected chi connectivity index (χ3v) is 6.60. The maximum Gasteiger partial charge on any atom is 0.252 e. The van der Waals surface area contributed by atoms with Crippen molar-refractivity contribution in [1.82, 2.24) is 9.62 Å². The fourth-order valence-electron chi connectivity index (χ4n) is 1.96. The molecule has 122 valence electrons. The van der Waals surface area contributed by atoms with E-state index < -0.39 is 10.0 Å². The smallest absolute Gasteiger partial charge is 0.252 e. The summed E-state index contributed by atoms with van der Waals surface area (Å²) in [5.41, 5.74) is 0. The number of nitrogens with one attached hydrogen (secondary N) is 1. The Labute approximate surface area is 133 Å². The van der Waals surface area contributed by atoms with Gasteiger partial charge in [0, 0.05) is 30.1 Å². The van der Waals surface area contributed by atoms with Gasteiger partial charge in [0.15, 0.2) is 0 Å². The summed E-state index contributed by atoms with van der Waals surface area (Å²) in [4.78, 5) is 1.05. The zero-order valence-electron chi connectivity index (χ0n) is 13.9. The predicted octanol–water partition coefficient (Wildman–Crippen LogP) is 3.30. The molecule has 0 atom stereocenters. The van der Waals surface area contributed by atoms with Crippen molar-refractivity contribution in [3.63, 3.8) is 0 Å². The molecule has 0 aliphatic heterocycles. The SMILES string of the molecule is CC(C)CN(C(C)C)S(=O)(=O)c1ccc(CNC(C)C)s1. The summed E-state index contributed by atoms with van der Waals surface area (Å²) in [6, 6.07) is 3.99. The molecule has 0 saturated heterocycles. The minimum atomic E-state index is -3.39. The Hall–Kier alpha value is -0.430. The largest absolute Gasteiger partial charge is 0.310 e. The van der Waals surface area contributed by atoms with Crippen LogP contribution in [0.3, 0.4) is 0 Å². The van der Waals surface area contributed by atoms with Crippen LogP contribution in [0.1, 0.15) is 46.4 Å². The number of hydrogen-bond donors (Lipinski definition) is 1. The molecular weight excluding hydrogens is 304 g/mol. The van der Waals surface area contributed by atoms with Gasteiger partial charge in [-0.3, -0.25) is 0 Å². The van der Waals surface area contributed by atoms with E-state index in [0.717, 1.165) is 4.88 Å². The third-order valence-electron chi connectivity index (χ3n) is 3.01. The molecule has 1 aromatic rings. The van der Waals surface area contributed by atoms with Crippen LogP contribution in [0.4, 0.5) is 0 Å². The molecule has 6 heteroatoms. The van der Waals surface area contributed by atoms with E-state index in [9.17, 15) is 8.42 Å². The number of sulfonamides is 1. The molecule has 1 rings (SSSR count). The monoisotopic (exact) mass is 332 g/mol. The lowest BCUT2D eigenvalue weighted by Crippen LogP contribution is -2.39. The average molecular weight is 333 g/mol. The van der Waals surface area contributed by atoms with Gasteiger partial charge in [-0.1, -0.05) is 27.7 Å². The second kappa shape index (κ2) is 7.72. The number of rotatable bonds is 8. The number of hydrogen-bond acceptors (Lipinski definition) is 4. The summed E-state index contributed by atoms with van der Waals surface area (Å²) >= 11 is 1.36. The lowest BCUT2D eigenvalue weighted by molar-refractivity contribution is 0.319. The van der Waals surface area contributed by atoms with Crippen molar-refractivity contribution in [1.29, 1.82) is 0 Å². The van der Waals surface area contributed by atoms with E-state index >= 15 is 0 Å². The fraction of sp³-hybridized carbons (Fsp3) is 0.733. The Morgan fingerprint density at radius 2 is 1.76 bits per heavy atom. The Kier molecular flexibility index (Phi) is 6.84. The quantitative estimate of drug-likeness (QED) is 0.794. The van der Waals surface area contributed by atoms with Gasteiger partial charge in [-0.2, -0.15) is 4.31 Å². The molecule has 0 unspecified atom stereocenters. The lowest BCUT2D eigenvalue weighted by Gasteiger charge is -2.26. The highest BCUT2D eigenvalue weighted by molar-refractivity contribution is 7.91. The van der Waals surface area contributed by atoms with Crippen molar-refractivity contribution in [2.24, 2.45) is 5.92 Å². The molecule has 0 saturated carbocycles. The molecular formula is C15H28N2O2S2.